The Morgan fingerprint density at radius 3 is 2.40 bits per heavy atom. The van der Waals surface area contributed by atoms with Crippen molar-refractivity contribution in [3.63, 3.8) is 0 Å². The zero-order valence-corrected chi connectivity index (χ0v) is 11.6. The molecule has 0 fully saturated rings. The molecule has 2 aromatic carbocycles. The third-order valence-electron chi connectivity index (χ3n) is 3.23. The number of rotatable bonds is 4. The average Bonchev–Trinajstić information content (AvgIpc) is 2.43. The first kappa shape index (κ1) is 13.9. The average molecular weight is 270 g/mol. The van der Waals surface area contributed by atoms with Crippen molar-refractivity contribution in [2.24, 2.45) is 0 Å². The summed E-state index contributed by atoms with van der Waals surface area (Å²) in [4.78, 5) is 13.1. The summed E-state index contributed by atoms with van der Waals surface area (Å²) in [5.41, 5.74) is 9.69. The first-order valence-electron chi connectivity index (χ1n) is 6.50. The Labute approximate surface area is 118 Å². The molecule has 2 aromatic rings. The number of nitrogens with zero attached hydrogens (tertiary/aromatic N) is 1. The molecule has 4 nitrogen and oxygen atoms in total. The van der Waals surface area contributed by atoms with Crippen LogP contribution in [0.1, 0.15) is 22.8 Å². The van der Waals surface area contributed by atoms with Crippen LogP contribution in [-0.4, -0.2) is 17.6 Å². The molecule has 4 heteroatoms. The number of carbonyl (C=O) groups is 1. The number of aromatic carboxylic acids is 1. The zero-order chi connectivity index (χ0) is 14.7. The maximum atomic E-state index is 11.1. The fourth-order valence-electron chi connectivity index (χ4n) is 2.13. The van der Waals surface area contributed by atoms with E-state index in [4.69, 9.17) is 10.8 Å². The predicted octanol–water partition coefficient (Wildman–Crippen LogP) is 3.43. The maximum absolute atomic E-state index is 11.1. The van der Waals surface area contributed by atoms with E-state index in [1.54, 1.807) is 12.1 Å². The number of carboxylic acids is 1. The summed E-state index contributed by atoms with van der Waals surface area (Å²) in [6.07, 6.45) is 0. The molecule has 2 rings (SSSR count). The molecule has 0 atom stereocenters. The van der Waals surface area contributed by atoms with E-state index < -0.39 is 5.97 Å². The first-order valence-corrected chi connectivity index (χ1v) is 6.50. The molecule has 0 amide bonds. The summed E-state index contributed by atoms with van der Waals surface area (Å²) in [6, 6.07) is 12.8. The van der Waals surface area contributed by atoms with Crippen LogP contribution in [0.4, 0.5) is 17.1 Å². The topological polar surface area (TPSA) is 66.6 Å². The summed E-state index contributed by atoms with van der Waals surface area (Å²) in [5.74, 6) is -0.953. The van der Waals surface area contributed by atoms with E-state index in [0.717, 1.165) is 11.4 Å². The van der Waals surface area contributed by atoms with Crippen molar-refractivity contribution in [3.05, 3.63) is 53.6 Å². The molecule has 104 valence electrons. The second-order valence-corrected chi connectivity index (χ2v) is 4.66. The number of nitrogen functional groups attached to an aromatic ring is 1. The quantitative estimate of drug-likeness (QED) is 0.835. The Hall–Kier alpha value is -2.49. The van der Waals surface area contributed by atoms with Crippen LogP contribution >= 0.6 is 0 Å². The predicted molar refractivity (Wildman–Crippen MR) is 81.7 cm³/mol. The van der Waals surface area contributed by atoms with Crippen molar-refractivity contribution in [3.8, 4) is 0 Å². The van der Waals surface area contributed by atoms with Crippen LogP contribution in [0, 0.1) is 6.92 Å². The Morgan fingerprint density at radius 1 is 1.20 bits per heavy atom. The lowest BCUT2D eigenvalue weighted by Gasteiger charge is -2.25. The second-order valence-electron chi connectivity index (χ2n) is 4.66. The number of aryl methyl sites for hydroxylation is 1. The van der Waals surface area contributed by atoms with Gasteiger partial charge in [-0.05, 0) is 44.2 Å². The highest BCUT2D eigenvalue weighted by atomic mass is 16.4. The van der Waals surface area contributed by atoms with Gasteiger partial charge in [-0.2, -0.15) is 0 Å². The number of nitrogens with two attached hydrogens (primary N) is 1. The summed E-state index contributed by atoms with van der Waals surface area (Å²) in [6.45, 7) is 4.74. The molecular formula is C16H18N2O2. The highest BCUT2D eigenvalue weighted by Crippen LogP contribution is 2.31. The number of carboxylic acid groups (broad SMARTS) is 1. The summed E-state index contributed by atoms with van der Waals surface area (Å²) in [7, 11) is 0. The fraction of sp³-hybridized carbons (Fsp3) is 0.188. The van der Waals surface area contributed by atoms with Gasteiger partial charge in [0.05, 0.1) is 16.9 Å². The van der Waals surface area contributed by atoms with Gasteiger partial charge in [-0.3, -0.25) is 0 Å². The second kappa shape index (κ2) is 5.65. The van der Waals surface area contributed by atoms with E-state index in [1.165, 1.54) is 11.6 Å². The Kier molecular flexibility index (Phi) is 3.94. The Bertz CT molecular complexity index is 621. The van der Waals surface area contributed by atoms with E-state index >= 15 is 0 Å². The molecule has 0 heterocycles. The lowest BCUT2D eigenvalue weighted by Crippen LogP contribution is -2.18. The van der Waals surface area contributed by atoms with Gasteiger partial charge in [-0.15, -0.1) is 0 Å². The molecule has 0 saturated heterocycles. The number of hydrogen-bond donors (Lipinski definition) is 2. The van der Waals surface area contributed by atoms with E-state index in [-0.39, 0.29) is 5.56 Å². The minimum Gasteiger partial charge on any atom is -0.478 e. The van der Waals surface area contributed by atoms with Crippen LogP contribution in [0.15, 0.2) is 42.5 Å². The van der Waals surface area contributed by atoms with Gasteiger partial charge in [0.2, 0.25) is 0 Å². The molecule has 0 bridgehead atoms. The Morgan fingerprint density at radius 2 is 1.85 bits per heavy atom. The summed E-state index contributed by atoms with van der Waals surface area (Å²) < 4.78 is 0. The van der Waals surface area contributed by atoms with Crippen molar-refractivity contribution in [1.82, 2.24) is 0 Å². The lowest BCUT2D eigenvalue weighted by molar-refractivity contribution is 0.0697. The molecule has 0 saturated carbocycles. The van der Waals surface area contributed by atoms with E-state index in [9.17, 15) is 4.79 Å². The minimum absolute atomic E-state index is 0.236. The van der Waals surface area contributed by atoms with Gasteiger partial charge in [0.15, 0.2) is 0 Å². The minimum atomic E-state index is -0.953. The smallest absolute Gasteiger partial charge is 0.335 e. The van der Waals surface area contributed by atoms with Gasteiger partial charge >= 0.3 is 5.97 Å². The van der Waals surface area contributed by atoms with E-state index in [0.29, 0.717) is 12.2 Å². The number of hydrogen-bond acceptors (Lipinski definition) is 3. The van der Waals surface area contributed by atoms with Crippen LogP contribution in [0.25, 0.3) is 0 Å². The van der Waals surface area contributed by atoms with Crippen molar-refractivity contribution < 1.29 is 9.90 Å². The summed E-state index contributed by atoms with van der Waals surface area (Å²) >= 11 is 0. The highest BCUT2D eigenvalue weighted by molar-refractivity contribution is 5.91. The largest absolute Gasteiger partial charge is 0.478 e. The molecule has 0 radical (unpaired) electrons. The van der Waals surface area contributed by atoms with Crippen LogP contribution in [0.3, 0.4) is 0 Å². The maximum Gasteiger partial charge on any atom is 0.335 e. The van der Waals surface area contributed by atoms with Gasteiger partial charge in [0.1, 0.15) is 0 Å². The van der Waals surface area contributed by atoms with Gasteiger partial charge in [-0.25, -0.2) is 4.79 Å². The number of anilines is 3. The Balaban J connectivity index is 2.48. The summed E-state index contributed by atoms with van der Waals surface area (Å²) in [5, 5.41) is 9.10. The zero-order valence-electron chi connectivity index (χ0n) is 11.6. The monoisotopic (exact) mass is 270 g/mol. The third kappa shape index (κ3) is 2.74. The van der Waals surface area contributed by atoms with Crippen LogP contribution in [0.2, 0.25) is 0 Å². The van der Waals surface area contributed by atoms with E-state index in [1.807, 2.05) is 43.0 Å². The molecule has 20 heavy (non-hydrogen) atoms. The SMILES string of the molecule is CCN(c1ccc(C)cc1)c1cc(C(=O)O)ccc1N. The lowest BCUT2D eigenvalue weighted by atomic mass is 10.1. The number of benzene rings is 2. The molecule has 0 aliphatic heterocycles. The van der Waals surface area contributed by atoms with E-state index in [2.05, 4.69) is 0 Å². The van der Waals surface area contributed by atoms with Crippen molar-refractivity contribution in [2.75, 3.05) is 17.2 Å². The van der Waals surface area contributed by atoms with Crippen molar-refractivity contribution in [1.29, 1.82) is 0 Å². The molecule has 0 aliphatic carbocycles. The normalized spacial score (nSPS) is 10.3. The molecular weight excluding hydrogens is 252 g/mol. The standard InChI is InChI=1S/C16H18N2O2/c1-3-18(13-7-4-11(2)5-8-13)15-10-12(16(19)20)6-9-14(15)17/h4-10H,3,17H2,1-2H3,(H,19,20). The van der Waals surface area contributed by atoms with Crippen LogP contribution in [0.5, 0.6) is 0 Å². The molecule has 0 spiro atoms. The van der Waals surface area contributed by atoms with Crippen molar-refractivity contribution in [2.45, 2.75) is 13.8 Å². The van der Waals surface area contributed by atoms with Gasteiger partial charge < -0.3 is 15.7 Å². The highest BCUT2D eigenvalue weighted by Gasteiger charge is 2.13. The van der Waals surface area contributed by atoms with Gasteiger partial charge in [0.25, 0.3) is 0 Å². The van der Waals surface area contributed by atoms with Crippen LogP contribution < -0.4 is 10.6 Å². The van der Waals surface area contributed by atoms with Gasteiger partial charge in [0, 0.05) is 12.2 Å². The first-order chi connectivity index (χ1) is 9.52. The molecule has 3 N–H and O–H groups in total. The van der Waals surface area contributed by atoms with Gasteiger partial charge in [-0.1, -0.05) is 17.7 Å². The molecule has 0 aromatic heterocycles. The fourth-order valence-corrected chi connectivity index (χ4v) is 2.13. The van der Waals surface area contributed by atoms with Crippen molar-refractivity contribution >= 4 is 23.0 Å². The third-order valence-corrected chi connectivity index (χ3v) is 3.23. The van der Waals surface area contributed by atoms with Crippen LogP contribution in [-0.2, 0) is 0 Å². The molecule has 0 aliphatic rings. The molecule has 0 unspecified atom stereocenters.